The second-order valence-electron chi connectivity index (χ2n) is 7.24. The Morgan fingerprint density at radius 2 is 1.54 bits per heavy atom. The van der Waals surface area contributed by atoms with Gasteiger partial charge < -0.3 is 15.4 Å². The lowest BCUT2D eigenvalue weighted by molar-refractivity contribution is 0.417. The van der Waals surface area contributed by atoms with Crippen LogP contribution in [-0.4, -0.2) is 22.3 Å². The van der Waals surface area contributed by atoms with Crippen molar-refractivity contribution in [2.24, 2.45) is 0 Å². The molecule has 0 aliphatic heterocycles. The van der Waals surface area contributed by atoms with Crippen LogP contribution >= 0.6 is 0 Å². The topological polar surface area (TPSA) is 72.0 Å². The molecule has 0 bridgehead atoms. The number of hydrogen-bond acceptors (Lipinski definition) is 6. The average molecular weight is 377 g/mol. The molecule has 0 spiro atoms. The van der Waals surface area contributed by atoms with Crippen molar-refractivity contribution in [1.29, 1.82) is 0 Å². The molecule has 0 unspecified atom stereocenters. The molecule has 0 saturated carbocycles. The largest absolute Gasteiger partial charge is 0.495 e. The molecule has 6 nitrogen and oxygen atoms in total. The van der Waals surface area contributed by atoms with E-state index in [-0.39, 0.29) is 0 Å². The molecule has 0 amide bonds. The van der Waals surface area contributed by atoms with E-state index in [0.717, 1.165) is 17.1 Å². The maximum absolute atomic E-state index is 5.39. The Morgan fingerprint density at radius 1 is 0.857 bits per heavy atom. The molecule has 0 atom stereocenters. The SMILES string of the molecule is COc1ccccc1Nc1cnnc(Nc2c(C(C)C)cccc2C(C)C)n1. The van der Waals surface area contributed by atoms with Gasteiger partial charge in [0.1, 0.15) is 5.75 Å². The molecule has 1 heterocycles. The van der Waals surface area contributed by atoms with Gasteiger partial charge in [0.25, 0.3) is 0 Å². The van der Waals surface area contributed by atoms with Gasteiger partial charge in [0.05, 0.1) is 19.0 Å². The van der Waals surface area contributed by atoms with Gasteiger partial charge >= 0.3 is 0 Å². The number of aromatic nitrogens is 3. The first kappa shape index (κ1) is 19.6. The quantitative estimate of drug-likeness (QED) is 0.557. The fraction of sp³-hybridized carbons (Fsp3) is 0.318. The Morgan fingerprint density at radius 3 is 2.18 bits per heavy atom. The van der Waals surface area contributed by atoms with Crippen molar-refractivity contribution in [2.75, 3.05) is 17.7 Å². The van der Waals surface area contributed by atoms with Crippen LogP contribution in [0.5, 0.6) is 5.75 Å². The molecule has 6 heteroatoms. The first-order valence-corrected chi connectivity index (χ1v) is 9.49. The zero-order valence-corrected chi connectivity index (χ0v) is 17.0. The van der Waals surface area contributed by atoms with E-state index in [1.165, 1.54) is 11.1 Å². The van der Waals surface area contributed by atoms with Crippen molar-refractivity contribution in [3.05, 3.63) is 59.8 Å². The van der Waals surface area contributed by atoms with Crippen molar-refractivity contribution in [1.82, 2.24) is 15.2 Å². The molecular weight excluding hydrogens is 350 g/mol. The number of methoxy groups -OCH3 is 1. The van der Waals surface area contributed by atoms with Gasteiger partial charge in [-0.1, -0.05) is 58.0 Å². The summed E-state index contributed by atoms with van der Waals surface area (Å²) in [5.74, 6) is 2.54. The molecule has 3 rings (SSSR count). The Kier molecular flexibility index (Phi) is 6.09. The first-order chi connectivity index (χ1) is 13.5. The van der Waals surface area contributed by atoms with Crippen molar-refractivity contribution >= 4 is 23.1 Å². The summed E-state index contributed by atoms with van der Waals surface area (Å²) in [7, 11) is 1.64. The fourth-order valence-corrected chi connectivity index (χ4v) is 3.11. The number of benzene rings is 2. The van der Waals surface area contributed by atoms with E-state index in [1.54, 1.807) is 13.3 Å². The fourth-order valence-electron chi connectivity index (χ4n) is 3.11. The van der Waals surface area contributed by atoms with Gasteiger partial charge in [0.15, 0.2) is 5.82 Å². The normalized spacial score (nSPS) is 11.0. The third-order valence-corrected chi connectivity index (χ3v) is 4.54. The summed E-state index contributed by atoms with van der Waals surface area (Å²) in [5, 5.41) is 14.9. The highest BCUT2D eigenvalue weighted by Gasteiger charge is 2.15. The Hall–Kier alpha value is -3.15. The predicted molar refractivity (Wildman–Crippen MR) is 114 cm³/mol. The molecule has 0 radical (unpaired) electrons. The molecule has 0 saturated heterocycles. The number of hydrogen-bond donors (Lipinski definition) is 2. The molecular formula is C22H27N5O. The Balaban J connectivity index is 1.92. The third-order valence-electron chi connectivity index (χ3n) is 4.54. The van der Waals surface area contributed by atoms with E-state index in [2.05, 4.69) is 71.7 Å². The molecule has 0 fully saturated rings. The first-order valence-electron chi connectivity index (χ1n) is 9.49. The second kappa shape index (κ2) is 8.69. The lowest BCUT2D eigenvalue weighted by Crippen LogP contribution is -2.08. The van der Waals surface area contributed by atoms with E-state index in [0.29, 0.717) is 23.6 Å². The van der Waals surface area contributed by atoms with Crippen molar-refractivity contribution < 1.29 is 4.74 Å². The van der Waals surface area contributed by atoms with Gasteiger partial charge in [-0.3, -0.25) is 0 Å². The van der Waals surface area contributed by atoms with Gasteiger partial charge in [0, 0.05) is 5.69 Å². The molecule has 146 valence electrons. The van der Waals surface area contributed by atoms with Gasteiger partial charge in [-0.25, -0.2) is 0 Å². The third kappa shape index (κ3) is 4.39. The summed E-state index contributed by atoms with van der Waals surface area (Å²) in [5.41, 5.74) is 4.35. The minimum Gasteiger partial charge on any atom is -0.495 e. The van der Waals surface area contributed by atoms with Gasteiger partial charge in [0.2, 0.25) is 5.95 Å². The van der Waals surface area contributed by atoms with Crippen LogP contribution < -0.4 is 15.4 Å². The summed E-state index contributed by atoms with van der Waals surface area (Å²) in [6, 6.07) is 14.1. The van der Waals surface area contributed by atoms with Crippen LogP contribution in [0.1, 0.15) is 50.7 Å². The lowest BCUT2D eigenvalue weighted by atomic mass is 9.93. The lowest BCUT2D eigenvalue weighted by Gasteiger charge is -2.20. The van der Waals surface area contributed by atoms with E-state index in [4.69, 9.17) is 4.74 Å². The molecule has 3 aromatic rings. The van der Waals surface area contributed by atoms with Gasteiger partial charge in [-0.05, 0) is 35.1 Å². The number of para-hydroxylation sites is 3. The standard InChI is InChI=1S/C22H27N5O/c1-14(2)16-9-8-10-17(15(3)4)21(16)26-22-25-20(13-23-27-22)24-18-11-6-7-12-19(18)28-5/h6-15H,1-5H3,(H2,24,25,26,27). The van der Waals surface area contributed by atoms with Crippen molar-refractivity contribution in [3.63, 3.8) is 0 Å². The van der Waals surface area contributed by atoms with Crippen LogP contribution in [0.25, 0.3) is 0 Å². The summed E-state index contributed by atoms with van der Waals surface area (Å²) in [6.07, 6.45) is 1.59. The molecule has 2 aromatic carbocycles. The van der Waals surface area contributed by atoms with E-state index in [1.807, 2.05) is 24.3 Å². The minimum atomic E-state index is 0.379. The zero-order valence-electron chi connectivity index (χ0n) is 17.0. The molecule has 28 heavy (non-hydrogen) atoms. The van der Waals surface area contributed by atoms with Crippen LogP contribution in [0, 0.1) is 0 Å². The number of nitrogens with zero attached hydrogens (tertiary/aromatic N) is 3. The summed E-state index contributed by atoms with van der Waals surface area (Å²) in [4.78, 5) is 4.59. The maximum Gasteiger partial charge on any atom is 0.249 e. The van der Waals surface area contributed by atoms with Crippen molar-refractivity contribution in [3.8, 4) is 5.75 Å². The second-order valence-corrected chi connectivity index (χ2v) is 7.24. The smallest absolute Gasteiger partial charge is 0.249 e. The predicted octanol–water partition coefficient (Wildman–Crippen LogP) is 5.61. The molecule has 1 aromatic heterocycles. The van der Waals surface area contributed by atoms with Crippen molar-refractivity contribution in [2.45, 2.75) is 39.5 Å². The van der Waals surface area contributed by atoms with E-state index >= 15 is 0 Å². The molecule has 2 N–H and O–H groups in total. The zero-order chi connectivity index (χ0) is 20.1. The van der Waals surface area contributed by atoms with Crippen LogP contribution in [0.15, 0.2) is 48.7 Å². The summed E-state index contributed by atoms with van der Waals surface area (Å²) in [6.45, 7) is 8.74. The van der Waals surface area contributed by atoms with Crippen LogP contribution in [0.4, 0.5) is 23.1 Å². The Bertz CT molecular complexity index is 913. The monoisotopic (exact) mass is 377 g/mol. The highest BCUT2D eigenvalue weighted by Crippen LogP contribution is 2.34. The van der Waals surface area contributed by atoms with Gasteiger partial charge in [-0.2, -0.15) is 10.1 Å². The number of nitrogens with one attached hydrogen (secondary N) is 2. The summed E-state index contributed by atoms with van der Waals surface area (Å²) < 4.78 is 5.39. The van der Waals surface area contributed by atoms with Crippen LogP contribution in [-0.2, 0) is 0 Å². The Labute approximate surface area is 166 Å². The molecule has 0 aliphatic carbocycles. The number of anilines is 4. The highest BCUT2D eigenvalue weighted by molar-refractivity contribution is 5.67. The number of ether oxygens (including phenoxy) is 1. The number of rotatable bonds is 7. The van der Waals surface area contributed by atoms with Crippen LogP contribution in [0.3, 0.4) is 0 Å². The molecule has 0 aliphatic rings. The maximum atomic E-state index is 5.39. The minimum absolute atomic E-state index is 0.379. The van der Waals surface area contributed by atoms with Gasteiger partial charge in [-0.15, -0.1) is 5.10 Å². The summed E-state index contributed by atoms with van der Waals surface area (Å²) >= 11 is 0. The van der Waals surface area contributed by atoms with E-state index in [9.17, 15) is 0 Å². The average Bonchev–Trinajstić information content (AvgIpc) is 2.68. The highest BCUT2D eigenvalue weighted by atomic mass is 16.5. The van der Waals surface area contributed by atoms with Crippen LogP contribution in [0.2, 0.25) is 0 Å². The van der Waals surface area contributed by atoms with E-state index < -0.39 is 0 Å².